The number of esters is 1. The Bertz CT molecular complexity index is 747. The largest absolute Gasteiger partial charge is 0.469 e. The number of halogens is 1. The molecule has 2 amide bonds. The first-order valence-electron chi connectivity index (χ1n) is 7.93. The van der Waals surface area contributed by atoms with Crippen molar-refractivity contribution < 1.29 is 19.1 Å². The molecular weight excluding hydrogens is 420 g/mol. The zero-order valence-electron chi connectivity index (χ0n) is 14.2. The van der Waals surface area contributed by atoms with E-state index in [0.29, 0.717) is 5.56 Å². The molecule has 0 saturated heterocycles. The number of rotatable bonds is 8. The predicted molar refractivity (Wildman–Crippen MR) is 103 cm³/mol. The number of ether oxygens (including phenoxy) is 1. The summed E-state index contributed by atoms with van der Waals surface area (Å²) in [7, 11) is 1.31. The van der Waals surface area contributed by atoms with Gasteiger partial charge in [0.15, 0.2) is 0 Å². The predicted octanol–water partition coefficient (Wildman–Crippen LogP) is 3.05. The van der Waals surface area contributed by atoms with E-state index >= 15 is 0 Å². The van der Waals surface area contributed by atoms with Crippen LogP contribution in [0.4, 0.5) is 0 Å². The third kappa shape index (κ3) is 6.27. The lowest BCUT2D eigenvalue weighted by atomic mass is 10.1. The molecule has 0 aliphatic carbocycles. The second kappa shape index (κ2) is 10.1. The topological polar surface area (TPSA) is 84.5 Å². The van der Waals surface area contributed by atoms with Gasteiger partial charge in [0.2, 0.25) is 5.91 Å². The van der Waals surface area contributed by atoms with Crippen molar-refractivity contribution in [3.63, 3.8) is 0 Å². The van der Waals surface area contributed by atoms with Crippen molar-refractivity contribution in [3.05, 3.63) is 56.7 Å². The summed E-state index contributed by atoms with van der Waals surface area (Å²) in [6.07, 6.45) is 0.180. The maximum absolute atomic E-state index is 12.2. The Labute approximate surface area is 164 Å². The normalized spacial score (nSPS) is 11.5. The Morgan fingerprint density at radius 3 is 2.54 bits per heavy atom. The fourth-order valence-corrected chi connectivity index (χ4v) is 3.26. The third-order valence-corrected chi connectivity index (χ3v) is 5.08. The van der Waals surface area contributed by atoms with Crippen molar-refractivity contribution in [3.8, 4) is 0 Å². The summed E-state index contributed by atoms with van der Waals surface area (Å²) in [5, 5.41) is 7.40. The smallest absolute Gasteiger partial charge is 0.307 e. The van der Waals surface area contributed by atoms with Crippen molar-refractivity contribution in [2.24, 2.45) is 0 Å². The molecule has 1 aromatic carbocycles. The van der Waals surface area contributed by atoms with E-state index < -0.39 is 12.0 Å². The number of thiophene rings is 1. The quantitative estimate of drug-likeness (QED) is 0.620. The van der Waals surface area contributed by atoms with Gasteiger partial charge >= 0.3 is 5.97 Å². The molecule has 0 radical (unpaired) electrons. The second-order valence-corrected chi connectivity index (χ2v) is 7.32. The van der Waals surface area contributed by atoms with Gasteiger partial charge in [-0.3, -0.25) is 14.4 Å². The summed E-state index contributed by atoms with van der Waals surface area (Å²) >= 11 is 4.77. The summed E-state index contributed by atoms with van der Waals surface area (Å²) < 4.78 is 5.57. The number of methoxy groups -OCH3 is 1. The second-order valence-electron chi connectivity index (χ2n) is 5.43. The maximum Gasteiger partial charge on any atom is 0.307 e. The molecule has 1 unspecified atom stereocenters. The highest BCUT2D eigenvalue weighted by Gasteiger charge is 2.19. The van der Waals surface area contributed by atoms with Gasteiger partial charge in [0.1, 0.15) is 0 Å². The Hall–Kier alpha value is -2.19. The van der Waals surface area contributed by atoms with Crippen LogP contribution in [0.2, 0.25) is 0 Å². The minimum atomic E-state index is -0.433. The van der Waals surface area contributed by atoms with Crippen LogP contribution in [0.15, 0.2) is 46.3 Å². The summed E-state index contributed by atoms with van der Waals surface area (Å²) in [6.45, 7) is 0.204. The summed E-state index contributed by atoms with van der Waals surface area (Å²) in [5.41, 5.74) is 0.524. The molecule has 0 spiro atoms. The zero-order chi connectivity index (χ0) is 18.9. The lowest BCUT2D eigenvalue weighted by molar-refractivity contribution is -0.141. The Balaban J connectivity index is 1.83. The van der Waals surface area contributed by atoms with Gasteiger partial charge in [-0.15, -0.1) is 11.3 Å². The fraction of sp³-hybridized carbons (Fsp3) is 0.278. The van der Waals surface area contributed by atoms with Gasteiger partial charge in [-0.05, 0) is 35.7 Å². The standard InChI is InChI=1S/C18H19BrN2O4S/c1-25-17(23)11-14(15-3-2-10-26-15)21-16(22)8-9-20-18(24)12-4-6-13(19)7-5-12/h2-7,10,14H,8-9,11H2,1H3,(H,20,24)(H,21,22). The third-order valence-electron chi connectivity index (χ3n) is 3.56. The van der Waals surface area contributed by atoms with Crippen LogP contribution in [0.25, 0.3) is 0 Å². The number of benzene rings is 1. The molecule has 26 heavy (non-hydrogen) atoms. The van der Waals surface area contributed by atoms with Crippen LogP contribution >= 0.6 is 27.3 Å². The number of hydrogen-bond donors (Lipinski definition) is 2. The number of amides is 2. The average molecular weight is 439 g/mol. The number of hydrogen-bond acceptors (Lipinski definition) is 5. The minimum absolute atomic E-state index is 0.0635. The van der Waals surface area contributed by atoms with Crippen LogP contribution in [0.1, 0.15) is 34.1 Å². The SMILES string of the molecule is COC(=O)CC(NC(=O)CCNC(=O)c1ccc(Br)cc1)c1cccs1. The Kier molecular flexibility index (Phi) is 7.80. The molecule has 6 nitrogen and oxygen atoms in total. The molecule has 8 heteroatoms. The van der Waals surface area contributed by atoms with Crippen molar-refractivity contribution in [2.75, 3.05) is 13.7 Å². The van der Waals surface area contributed by atoms with Gasteiger partial charge in [0.25, 0.3) is 5.91 Å². The molecule has 2 N–H and O–H groups in total. The van der Waals surface area contributed by atoms with Crippen LogP contribution in [0, 0.1) is 0 Å². The summed E-state index contributed by atoms with van der Waals surface area (Å²) in [6, 6.07) is 10.2. The Morgan fingerprint density at radius 2 is 1.92 bits per heavy atom. The lowest BCUT2D eigenvalue weighted by Crippen LogP contribution is -2.33. The summed E-state index contributed by atoms with van der Waals surface area (Å²) in [4.78, 5) is 36.6. The van der Waals surface area contributed by atoms with Crippen molar-refractivity contribution in [1.29, 1.82) is 0 Å². The van der Waals surface area contributed by atoms with Gasteiger partial charge < -0.3 is 15.4 Å². The molecule has 0 aliphatic rings. The molecule has 1 atom stereocenters. The van der Waals surface area contributed by atoms with E-state index in [4.69, 9.17) is 0 Å². The zero-order valence-corrected chi connectivity index (χ0v) is 16.6. The molecular formula is C18H19BrN2O4S. The highest BCUT2D eigenvalue weighted by atomic mass is 79.9. The van der Waals surface area contributed by atoms with Crippen molar-refractivity contribution >= 4 is 45.1 Å². The van der Waals surface area contributed by atoms with E-state index in [9.17, 15) is 14.4 Å². The highest BCUT2D eigenvalue weighted by molar-refractivity contribution is 9.10. The maximum atomic E-state index is 12.2. The van der Waals surface area contributed by atoms with E-state index in [2.05, 4.69) is 31.3 Å². The van der Waals surface area contributed by atoms with Crippen molar-refractivity contribution in [2.45, 2.75) is 18.9 Å². The van der Waals surface area contributed by atoms with Crippen LogP contribution in [-0.2, 0) is 14.3 Å². The number of carbonyl (C=O) groups is 3. The van der Waals surface area contributed by atoms with Gasteiger partial charge in [-0.25, -0.2) is 0 Å². The number of carbonyl (C=O) groups excluding carboxylic acids is 3. The van der Waals surface area contributed by atoms with Crippen LogP contribution in [0.5, 0.6) is 0 Å². The lowest BCUT2D eigenvalue weighted by Gasteiger charge is -2.16. The fourth-order valence-electron chi connectivity index (χ4n) is 2.22. The molecule has 138 valence electrons. The molecule has 0 bridgehead atoms. The van der Waals surface area contributed by atoms with Gasteiger partial charge in [-0.1, -0.05) is 22.0 Å². The van der Waals surface area contributed by atoms with Gasteiger partial charge in [-0.2, -0.15) is 0 Å². The molecule has 2 aromatic rings. The highest BCUT2D eigenvalue weighted by Crippen LogP contribution is 2.22. The van der Waals surface area contributed by atoms with E-state index in [1.165, 1.54) is 18.4 Å². The van der Waals surface area contributed by atoms with Crippen LogP contribution in [0.3, 0.4) is 0 Å². The monoisotopic (exact) mass is 438 g/mol. The van der Waals surface area contributed by atoms with Crippen LogP contribution in [-0.4, -0.2) is 31.4 Å². The molecule has 0 saturated carbocycles. The number of nitrogens with one attached hydrogen (secondary N) is 2. The first-order valence-corrected chi connectivity index (χ1v) is 9.60. The Morgan fingerprint density at radius 1 is 1.19 bits per heavy atom. The van der Waals surface area contributed by atoms with Crippen LogP contribution < -0.4 is 10.6 Å². The molecule has 0 aliphatic heterocycles. The van der Waals surface area contributed by atoms with E-state index in [-0.39, 0.29) is 31.2 Å². The van der Waals surface area contributed by atoms with E-state index in [1.807, 2.05) is 17.5 Å². The first kappa shape index (κ1) is 20.1. The van der Waals surface area contributed by atoms with E-state index in [0.717, 1.165) is 9.35 Å². The van der Waals surface area contributed by atoms with Gasteiger partial charge in [0, 0.05) is 27.9 Å². The average Bonchev–Trinajstić information content (AvgIpc) is 3.16. The van der Waals surface area contributed by atoms with Crippen molar-refractivity contribution in [1.82, 2.24) is 10.6 Å². The van der Waals surface area contributed by atoms with E-state index in [1.54, 1.807) is 24.3 Å². The van der Waals surface area contributed by atoms with Gasteiger partial charge in [0.05, 0.1) is 19.6 Å². The molecule has 1 aromatic heterocycles. The first-order chi connectivity index (χ1) is 12.5. The summed E-state index contributed by atoms with van der Waals surface area (Å²) in [5.74, 6) is -0.884. The molecule has 1 heterocycles. The molecule has 2 rings (SSSR count). The minimum Gasteiger partial charge on any atom is -0.469 e. The molecule has 0 fully saturated rings.